The number of amides is 3. The lowest BCUT2D eigenvalue weighted by atomic mass is 10.3. The molecule has 0 heterocycles. The Balaban J connectivity index is 4.48. The molecule has 3 amide bonds. The molecule has 0 saturated heterocycles. The molecular weight excluding hydrogens is 212 g/mol. The lowest BCUT2D eigenvalue weighted by molar-refractivity contribution is -0.148. The van der Waals surface area contributed by atoms with E-state index in [9.17, 15) is 14.4 Å². The number of carbonyl (C=O) groups excluding carboxylic acids is 3. The van der Waals surface area contributed by atoms with Gasteiger partial charge in [-0.3, -0.25) is 14.4 Å². The van der Waals surface area contributed by atoms with Crippen molar-refractivity contribution in [2.24, 2.45) is 11.5 Å². The number of nitrogens with two attached hydrogens (primary N) is 2. The second kappa shape index (κ2) is 6.78. The van der Waals surface area contributed by atoms with E-state index in [1.54, 1.807) is 13.8 Å². The Bertz CT molecular complexity index is 278. The van der Waals surface area contributed by atoms with E-state index in [1.807, 2.05) is 0 Å². The van der Waals surface area contributed by atoms with Crippen molar-refractivity contribution >= 4 is 17.7 Å². The van der Waals surface area contributed by atoms with Crippen LogP contribution in [-0.2, 0) is 14.4 Å². The van der Waals surface area contributed by atoms with Gasteiger partial charge in [0.15, 0.2) is 0 Å². The number of rotatable bonds is 5. The van der Waals surface area contributed by atoms with E-state index >= 15 is 0 Å². The Hall–Kier alpha value is -1.63. The Morgan fingerprint density at radius 1 is 1.31 bits per heavy atom. The maximum Gasteiger partial charge on any atom is 0.312 e. The molecule has 92 valence electrons. The van der Waals surface area contributed by atoms with E-state index in [2.05, 4.69) is 5.32 Å². The van der Waals surface area contributed by atoms with Gasteiger partial charge < -0.3 is 21.7 Å². The van der Waals surface area contributed by atoms with E-state index in [1.165, 1.54) is 0 Å². The second-order valence-electron chi connectivity index (χ2n) is 3.54. The normalized spacial score (nSPS) is 10.0. The van der Waals surface area contributed by atoms with Crippen LogP contribution >= 0.6 is 0 Å². The van der Waals surface area contributed by atoms with Gasteiger partial charge in [0.05, 0.1) is 0 Å². The van der Waals surface area contributed by atoms with Gasteiger partial charge in [0, 0.05) is 19.1 Å². The summed E-state index contributed by atoms with van der Waals surface area (Å²) < 4.78 is 0. The largest absolute Gasteiger partial charge is 0.368 e. The molecule has 0 rings (SSSR count). The Morgan fingerprint density at radius 2 is 1.88 bits per heavy atom. The first-order valence-corrected chi connectivity index (χ1v) is 4.97. The molecule has 0 bridgehead atoms. The van der Waals surface area contributed by atoms with Crippen molar-refractivity contribution in [1.29, 1.82) is 0 Å². The Labute approximate surface area is 94.1 Å². The van der Waals surface area contributed by atoms with Crippen LogP contribution < -0.4 is 16.8 Å². The van der Waals surface area contributed by atoms with Crippen LogP contribution in [0.5, 0.6) is 0 Å². The van der Waals surface area contributed by atoms with Gasteiger partial charge in [-0.2, -0.15) is 0 Å². The molecule has 0 fully saturated rings. The van der Waals surface area contributed by atoms with Gasteiger partial charge in [-0.25, -0.2) is 0 Å². The summed E-state index contributed by atoms with van der Waals surface area (Å²) in [5.41, 5.74) is 10.2. The summed E-state index contributed by atoms with van der Waals surface area (Å²) in [6.07, 6.45) is 0. The first-order valence-electron chi connectivity index (χ1n) is 4.97. The second-order valence-corrected chi connectivity index (χ2v) is 3.54. The van der Waals surface area contributed by atoms with Crippen LogP contribution in [0.1, 0.15) is 13.8 Å². The standard InChI is InChI=1S/C9H18N4O3/c1-6(2)13(5-7(11)14)9(16)8(15)12-4-3-10/h6H,3-5,10H2,1-2H3,(H2,11,14)(H,12,15). The fraction of sp³-hybridized carbons (Fsp3) is 0.667. The first-order chi connectivity index (χ1) is 7.40. The lowest BCUT2D eigenvalue weighted by Crippen LogP contribution is -2.49. The molecule has 0 aromatic heterocycles. The fourth-order valence-electron chi connectivity index (χ4n) is 1.05. The van der Waals surface area contributed by atoms with Crippen LogP contribution in [0.15, 0.2) is 0 Å². The lowest BCUT2D eigenvalue weighted by Gasteiger charge is -2.24. The summed E-state index contributed by atoms with van der Waals surface area (Å²) in [7, 11) is 0. The molecule has 5 N–H and O–H groups in total. The predicted molar refractivity (Wildman–Crippen MR) is 58.1 cm³/mol. The Kier molecular flexibility index (Phi) is 6.09. The molecule has 7 heteroatoms. The quantitative estimate of drug-likeness (QED) is 0.464. The number of primary amides is 1. The third-order valence-corrected chi connectivity index (χ3v) is 1.83. The van der Waals surface area contributed by atoms with Crippen LogP contribution in [0.4, 0.5) is 0 Å². The molecule has 0 aliphatic carbocycles. The SMILES string of the molecule is CC(C)N(CC(N)=O)C(=O)C(=O)NCCN. The van der Waals surface area contributed by atoms with E-state index in [4.69, 9.17) is 11.5 Å². The highest BCUT2D eigenvalue weighted by Gasteiger charge is 2.24. The summed E-state index contributed by atoms with van der Waals surface area (Å²) >= 11 is 0. The number of nitrogens with zero attached hydrogens (tertiary/aromatic N) is 1. The molecule has 0 unspecified atom stereocenters. The van der Waals surface area contributed by atoms with Gasteiger partial charge >= 0.3 is 11.8 Å². The van der Waals surface area contributed by atoms with E-state index in [-0.39, 0.29) is 25.7 Å². The molecule has 7 nitrogen and oxygen atoms in total. The topological polar surface area (TPSA) is 119 Å². The first kappa shape index (κ1) is 14.4. The highest BCUT2D eigenvalue weighted by molar-refractivity contribution is 6.35. The van der Waals surface area contributed by atoms with Crippen molar-refractivity contribution < 1.29 is 14.4 Å². The molecule has 0 aliphatic heterocycles. The smallest absolute Gasteiger partial charge is 0.312 e. The molecule has 0 radical (unpaired) electrons. The minimum atomic E-state index is -0.777. The zero-order valence-corrected chi connectivity index (χ0v) is 9.53. The molecule has 0 spiro atoms. The van der Waals surface area contributed by atoms with Gasteiger partial charge in [-0.15, -0.1) is 0 Å². The van der Waals surface area contributed by atoms with Gasteiger partial charge in [0.1, 0.15) is 6.54 Å². The molecule has 0 aromatic rings. The van der Waals surface area contributed by atoms with Crippen LogP contribution in [0.3, 0.4) is 0 Å². The maximum atomic E-state index is 11.6. The minimum absolute atomic E-state index is 0.215. The monoisotopic (exact) mass is 230 g/mol. The van der Waals surface area contributed by atoms with Crippen molar-refractivity contribution in [2.45, 2.75) is 19.9 Å². The van der Waals surface area contributed by atoms with Crippen molar-refractivity contribution in [3.8, 4) is 0 Å². The molecule has 0 saturated carbocycles. The zero-order chi connectivity index (χ0) is 12.7. The maximum absolute atomic E-state index is 11.6. The van der Waals surface area contributed by atoms with E-state index < -0.39 is 17.7 Å². The van der Waals surface area contributed by atoms with Crippen LogP contribution in [0.2, 0.25) is 0 Å². The summed E-state index contributed by atoms with van der Waals surface area (Å²) in [6.45, 7) is 3.57. The summed E-state index contributed by atoms with van der Waals surface area (Å²) in [5.74, 6) is -2.21. The summed E-state index contributed by atoms with van der Waals surface area (Å²) in [4.78, 5) is 34.7. The molecule has 0 atom stereocenters. The van der Waals surface area contributed by atoms with Crippen LogP contribution in [0.25, 0.3) is 0 Å². The summed E-state index contributed by atoms with van der Waals surface area (Å²) in [5, 5.41) is 2.33. The fourth-order valence-corrected chi connectivity index (χ4v) is 1.05. The average Bonchev–Trinajstić information content (AvgIpc) is 2.20. The number of hydrogen-bond acceptors (Lipinski definition) is 4. The van der Waals surface area contributed by atoms with E-state index in [0.717, 1.165) is 4.90 Å². The van der Waals surface area contributed by atoms with Gasteiger partial charge in [-0.1, -0.05) is 0 Å². The zero-order valence-electron chi connectivity index (χ0n) is 9.53. The summed E-state index contributed by atoms with van der Waals surface area (Å²) in [6, 6.07) is -0.274. The van der Waals surface area contributed by atoms with Crippen molar-refractivity contribution in [1.82, 2.24) is 10.2 Å². The van der Waals surface area contributed by atoms with Gasteiger partial charge in [0.2, 0.25) is 5.91 Å². The van der Waals surface area contributed by atoms with Crippen LogP contribution in [0, 0.1) is 0 Å². The molecule has 0 aliphatic rings. The number of carbonyl (C=O) groups is 3. The average molecular weight is 230 g/mol. The van der Waals surface area contributed by atoms with E-state index in [0.29, 0.717) is 0 Å². The van der Waals surface area contributed by atoms with Gasteiger partial charge in [-0.05, 0) is 13.8 Å². The third-order valence-electron chi connectivity index (χ3n) is 1.83. The third kappa shape index (κ3) is 4.74. The Morgan fingerprint density at radius 3 is 2.25 bits per heavy atom. The predicted octanol–water partition coefficient (Wildman–Crippen LogP) is -2.22. The molecule has 0 aromatic carbocycles. The molecular formula is C9H18N4O3. The van der Waals surface area contributed by atoms with Crippen LogP contribution in [-0.4, -0.2) is 48.3 Å². The number of nitrogens with one attached hydrogen (secondary N) is 1. The highest BCUT2D eigenvalue weighted by atomic mass is 16.2. The van der Waals surface area contributed by atoms with Crippen molar-refractivity contribution in [3.63, 3.8) is 0 Å². The molecule has 16 heavy (non-hydrogen) atoms. The van der Waals surface area contributed by atoms with Gasteiger partial charge in [0.25, 0.3) is 0 Å². The minimum Gasteiger partial charge on any atom is -0.368 e. The highest BCUT2D eigenvalue weighted by Crippen LogP contribution is 1.98. The number of hydrogen-bond donors (Lipinski definition) is 3. The van der Waals surface area contributed by atoms with Crippen molar-refractivity contribution in [2.75, 3.05) is 19.6 Å². The van der Waals surface area contributed by atoms with Crippen molar-refractivity contribution in [3.05, 3.63) is 0 Å².